The summed E-state index contributed by atoms with van der Waals surface area (Å²) in [4.78, 5) is 25.5. The maximum absolute atomic E-state index is 13.1. The molecule has 1 heterocycles. The number of hydrogen-bond acceptors (Lipinski definition) is 5. The van der Waals surface area contributed by atoms with Crippen LogP contribution in [0.1, 0.15) is 58.2 Å². The van der Waals surface area contributed by atoms with Crippen LogP contribution >= 0.6 is 0 Å². The highest BCUT2D eigenvalue weighted by Gasteiger charge is 2.35. The number of esters is 1. The predicted octanol–water partition coefficient (Wildman–Crippen LogP) is 4.89. The van der Waals surface area contributed by atoms with E-state index in [-0.39, 0.29) is 37.7 Å². The van der Waals surface area contributed by atoms with E-state index in [1.165, 1.54) is 30.3 Å². The fourth-order valence-corrected chi connectivity index (χ4v) is 5.38. The number of aryl methyl sites for hydroxylation is 1. The minimum absolute atomic E-state index is 0.0493. The van der Waals surface area contributed by atoms with Crippen molar-refractivity contribution in [1.82, 2.24) is 0 Å². The summed E-state index contributed by atoms with van der Waals surface area (Å²) in [5.74, 6) is -0.631. The lowest BCUT2D eigenvalue weighted by Gasteiger charge is -2.23. The molecule has 5 nitrogen and oxygen atoms in total. The number of hydrogen-bond donors (Lipinski definition) is 0. The molecular formula is C25H22O5S. The van der Waals surface area contributed by atoms with Crippen LogP contribution in [-0.4, -0.2) is 20.2 Å². The standard InChI is InChI=1S/C25H22O5S/c1-15-9-12-19(25(2,3)4)20(13-15)30-24(27)16-10-11-18-22(14-16)31(28,29)21-8-6-5-7-17(21)23(18)26/h5-14H,1-4H3. The van der Waals surface area contributed by atoms with Gasteiger partial charge in [0.25, 0.3) is 0 Å². The smallest absolute Gasteiger partial charge is 0.343 e. The molecule has 0 saturated heterocycles. The Morgan fingerprint density at radius 1 is 0.871 bits per heavy atom. The number of carbonyl (C=O) groups is 2. The monoisotopic (exact) mass is 434 g/mol. The fraction of sp³-hybridized carbons (Fsp3) is 0.200. The summed E-state index contributed by atoms with van der Waals surface area (Å²) in [6.07, 6.45) is 0. The van der Waals surface area contributed by atoms with Gasteiger partial charge in [0.05, 0.1) is 15.4 Å². The number of ether oxygens (including phenoxy) is 1. The molecular weight excluding hydrogens is 412 g/mol. The number of carbonyl (C=O) groups excluding carboxylic acids is 2. The van der Waals surface area contributed by atoms with Gasteiger partial charge in [-0.2, -0.15) is 0 Å². The van der Waals surface area contributed by atoms with Crippen LogP contribution in [0.3, 0.4) is 0 Å². The van der Waals surface area contributed by atoms with Crippen molar-refractivity contribution >= 4 is 21.6 Å². The Morgan fingerprint density at radius 2 is 1.55 bits per heavy atom. The molecule has 0 aliphatic carbocycles. The van der Waals surface area contributed by atoms with Crippen molar-refractivity contribution in [3.8, 4) is 5.75 Å². The highest BCUT2D eigenvalue weighted by molar-refractivity contribution is 7.91. The van der Waals surface area contributed by atoms with Gasteiger partial charge in [-0.05, 0) is 54.3 Å². The normalized spacial score (nSPS) is 14.5. The van der Waals surface area contributed by atoms with Crippen LogP contribution in [0, 0.1) is 6.92 Å². The molecule has 158 valence electrons. The summed E-state index contributed by atoms with van der Waals surface area (Å²) in [6, 6.07) is 15.8. The number of ketones is 1. The molecule has 0 atom stereocenters. The Balaban J connectivity index is 1.76. The molecule has 3 aromatic carbocycles. The SMILES string of the molecule is Cc1ccc(C(C)(C)C)c(OC(=O)c2ccc3c(c2)S(=O)(=O)c2ccccc2C3=O)c1. The van der Waals surface area contributed by atoms with Crippen molar-refractivity contribution in [2.45, 2.75) is 42.9 Å². The topological polar surface area (TPSA) is 77.5 Å². The summed E-state index contributed by atoms with van der Waals surface area (Å²) < 4.78 is 31.9. The molecule has 3 aromatic rings. The van der Waals surface area contributed by atoms with Gasteiger partial charge in [-0.25, -0.2) is 13.2 Å². The minimum Gasteiger partial charge on any atom is -0.423 e. The third kappa shape index (κ3) is 3.57. The van der Waals surface area contributed by atoms with Crippen molar-refractivity contribution in [2.24, 2.45) is 0 Å². The molecule has 1 aliphatic heterocycles. The second-order valence-electron chi connectivity index (χ2n) is 8.68. The van der Waals surface area contributed by atoms with Crippen molar-refractivity contribution in [1.29, 1.82) is 0 Å². The Kier molecular flexibility index (Phi) is 4.85. The third-order valence-electron chi connectivity index (χ3n) is 5.32. The highest BCUT2D eigenvalue weighted by atomic mass is 32.2. The van der Waals surface area contributed by atoms with Gasteiger partial charge in [-0.3, -0.25) is 4.79 Å². The fourth-order valence-electron chi connectivity index (χ4n) is 3.70. The highest BCUT2D eigenvalue weighted by Crippen LogP contribution is 2.36. The maximum atomic E-state index is 13.1. The Morgan fingerprint density at radius 3 is 2.26 bits per heavy atom. The van der Waals surface area contributed by atoms with E-state index in [2.05, 4.69) is 0 Å². The first-order valence-corrected chi connectivity index (χ1v) is 11.3. The summed E-state index contributed by atoms with van der Waals surface area (Å²) in [6.45, 7) is 7.95. The van der Waals surface area contributed by atoms with Crippen LogP contribution in [-0.2, 0) is 15.3 Å². The van der Waals surface area contributed by atoms with Gasteiger partial charge in [0.2, 0.25) is 9.84 Å². The summed E-state index contributed by atoms with van der Waals surface area (Å²) in [5.41, 5.74) is 1.81. The largest absolute Gasteiger partial charge is 0.423 e. The zero-order valence-electron chi connectivity index (χ0n) is 17.7. The second kappa shape index (κ2) is 7.17. The molecule has 0 saturated carbocycles. The second-order valence-corrected chi connectivity index (χ2v) is 10.6. The zero-order chi connectivity index (χ0) is 22.6. The molecule has 0 unspecified atom stereocenters. The van der Waals surface area contributed by atoms with Crippen molar-refractivity contribution in [3.63, 3.8) is 0 Å². The molecule has 0 amide bonds. The molecule has 4 rings (SSSR count). The molecule has 1 aliphatic rings. The summed E-state index contributed by atoms with van der Waals surface area (Å²) >= 11 is 0. The first kappa shape index (κ1) is 21.0. The number of sulfone groups is 1. The lowest BCUT2D eigenvalue weighted by atomic mass is 9.86. The lowest BCUT2D eigenvalue weighted by Crippen LogP contribution is -2.21. The van der Waals surface area contributed by atoms with E-state index < -0.39 is 15.8 Å². The van der Waals surface area contributed by atoms with E-state index in [1.54, 1.807) is 18.2 Å². The van der Waals surface area contributed by atoms with Gasteiger partial charge in [0, 0.05) is 16.7 Å². The van der Waals surface area contributed by atoms with Gasteiger partial charge in [-0.15, -0.1) is 0 Å². The van der Waals surface area contributed by atoms with E-state index in [0.717, 1.165) is 11.1 Å². The molecule has 0 spiro atoms. The Bertz CT molecular complexity index is 1340. The minimum atomic E-state index is -3.93. The van der Waals surface area contributed by atoms with Crippen LogP contribution in [0.2, 0.25) is 0 Å². The van der Waals surface area contributed by atoms with Crippen molar-refractivity contribution in [2.75, 3.05) is 0 Å². The molecule has 0 fully saturated rings. The summed E-state index contributed by atoms with van der Waals surface area (Å²) in [7, 11) is -3.93. The quantitative estimate of drug-likeness (QED) is 0.332. The number of benzene rings is 3. The van der Waals surface area contributed by atoms with Gasteiger partial charge < -0.3 is 4.74 Å². The Labute approximate surface area is 181 Å². The average molecular weight is 435 g/mol. The first-order valence-electron chi connectivity index (χ1n) is 9.86. The molecule has 6 heteroatoms. The van der Waals surface area contributed by atoms with Crippen LogP contribution in [0.15, 0.2) is 70.5 Å². The van der Waals surface area contributed by atoms with Crippen LogP contribution in [0.5, 0.6) is 5.75 Å². The molecule has 0 radical (unpaired) electrons. The predicted molar refractivity (Wildman–Crippen MR) is 117 cm³/mol. The Hall–Kier alpha value is -3.25. The zero-order valence-corrected chi connectivity index (χ0v) is 18.5. The first-order chi connectivity index (χ1) is 14.5. The molecule has 0 N–H and O–H groups in total. The molecule has 31 heavy (non-hydrogen) atoms. The average Bonchev–Trinajstić information content (AvgIpc) is 2.71. The van der Waals surface area contributed by atoms with E-state index in [0.29, 0.717) is 5.75 Å². The molecule has 0 bridgehead atoms. The third-order valence-corrected chi connectivity index (χ3v) is 7.17. The van der Waals surface area contributed by atoms with Gasteiger partial charge in [-0.1, -0.05) is 45.0 Å². The molecule has 0 aromatic heterocycles. The summed E-state index contributed by atoms with van der Waals surface area (Å²) in [5, 5.41) is 0. The van der Waals surface area contributed by atoms with Crippen molar-refractivity contribution in [3.05, 3.63) is 88.5 Å². The van der Waals surface area contributed by atoms with Gasteiger partial charge >= 0.3 is 5.97 Å². The maximum Gasteiger partial charge on any atom is 0.343 e. The number of rotatable bonds is 2. The number of fused-ring (bicyclic) bond motifs is 2. The van der Waals surface area contributed by atoms with E-state index >= 15 is 0 Å². The van der Waals surface area contributed by atoms with Gasteiger partial charge in [0.1, 0.15) is 5.75 Å². The lowest BCUT2D eigenvalue weighted by molar-refractivity contribution is 0.0731. The van der Waals surface area contributed by atoms with Crippen LogP contribution in [0.4, 0.5) is 0 Å². The van der Waals surface area contributed by atoms with E-state index in [1.807, 2.05) is 39.8 Å². The van der Waals surface area contributed by atoms with Crippen molar-refractivity contribution < 1.29 is 22.7 Å². The van der Waals surface area contributed by atoms with Gasteiger partial charge in [0.15, 0.2) is 5.78 Å². The van der Waals surface area contributed by atoms with E-state index in [4.69, 9.17) is 4.74 Å². The van der Waals surface area contributed by atoms with E-state index in [9.17, 15) is 18.0 Å². The van der Waals surface area contributed by atoms with Crippen LogP contribution in [0.25, 0.3) is 0 Å². The van der Waals surface area contributed by atoms with Crippen LogP contribution < -0.4 is 4.74 Å².